The third-order valence-electron chi connectivity index (χ3n) is 6.34. The van der Waals surface area contributed by atoms with Crippen molar-refractivity contribution in [1.29, 1.82) is 0 Å². The van der Waals surface area contributed by atoms with Gasteiger partial charge in [-0.2, -0.15) is 10.1 Å². The van der Waals surface area contributed by atoms with Gasteiger partial charge in [-0.15, -0.1) is 0 Å². The zero-order valence-electron chi connectivity index (χ0n) is 19.3. The Kier molecular flexibility index (Phi) is 6.58. The van der Waals surface area contributed by atoms with E-state index >= 15 is 0 Å². The van der Waals surface area contributed by atoms with E-state index in [0.717, 1.165) is 48.8 Å². The first kappa shape index (κ1) is 23.2. The first-order valence-corrected chi connectivity index (χ1v) is 11.8. The molecule has 0 saturated heterocycles. The van der Waals surface area contributed by atoms with Crippen molar-refractivity contribution in [3.8, 4) is 11.1 Å². The van der Waals surface area contributed by atoms with E-state index < -0.39 is 18.9 Å². The molecule has 184 valence electrons. The van der Waals surface area contributed by atoms with E-state index in [1.807, 2.05) is 19.2 Å². The molecule has 0 unspecified atom stereocenters. The topological polar surface area (TPSA) is 109 Å². The highest BCUT2D eigenvalue weighted by atomic mass is 19.3. The maximum Gasteiger partial charge on any atom is 0.255 e. The lowest BCUT2D eigenvalue weighted by molar-refractivity contribution is 0.0346. The van der Waals surface area contributed by atoms with Gasteiger partial charge in [0.25, 0.3) is 12.3 Å². The van der Waals surface area contributed by atoms with Crippen LogP contribution in [-0.4, -0.2) is 62.2 Å². The van der Waals surface area contributed by atoms with Gasteiger partial charge in [-0.1, -0.05) is 0 Å². The van der Waals surface area contributed by atoms with Gasteiger partial charge >= 0.3 is 0 Å². The maximum atomic E-state index is 12.5. The molecule has 0 aliphatic heterocycles. The largest absolute Gasteiger partial charge is 0.379 e. The zero-order valence-corrected chi connectivity index (χ0v) is 19.3. The van der Waals surface area contributed by atoms with E-state index in [9.17, 15) is 13.6 Å². The number of hydrogen-bond acceptors (Lipinski definition) is 6. The number of amides is 1. The average molecular weight is 484 g/mol. The molecule has 1 aliphatic rings. The average Bonchev–Trinajstić information content (AvgIpc) is 3.47. The number of aromatic nitrogens is 5. The molecule has 0 aromatic carbocycles. The Balaban J connectivity index is 1.35. The van der Waals surface area contributed by atoms with Crippen molar-refractivity contribution in [3.63, 3.8) is 0 Å². The third kappa shape index (κ3) is 4.95. The molecule has 3 N–H and O–H groups in total. The number of carbonyl (C=O) groups excluding carboxylic acids is 1. The van der Waals surface area contributed by atoms with E-state index in [2.05, 4.69) is 30.7 Å². The monoisotopic (exact) mass is 483 g/mol. The Labute approximate surface area is 200 Å². The second kappa shape index (κ2) is 9.95. The van der Waals surface area contributed by atoms with Crippen LogP contribution in [0.5, 0.6) is 0 Å². The first-order valence-electron chi connectivity index (χ1n) is 11.8. The summed E-state index contributed by atoms with van der Waals surface area (Å²) in [6.45, 7) is 2.07. The highest BCUT2D eigenvalue weighted by Crippen LogP contribution is 2.30. The summed E-state index contributed by atoms with van der Waals surface area (Å²) >= 11 is 0. The van der Waals surface area contributed by atoms with E-state index in [1.165, 1.54) is 10.7 Å². The van der Waals surface area contributed by atoms with E-state index in [-0.39, 0.29) is 5.56 Å². The van der Waals surface area contributed by atoms with Crippen LogP contribution in [-0.2, 0) is 4.74 Å². The predicted molar refractivity (Wildman–Crippen MR) is 128 cm³/mol. The van der Waals surface area contributed by atoms with E-state index in [4.69, 9.17) is 4.74 Å². The van der Waals surface area contributed by atoms with Gasteiger partial charge in [0, 0.05) is 42.2 Å². The fourth-order valence-corrected chi connectivity index (χ4v) is 4.60. The smallest absolute Gasteiger partial charge is 0.255 e. The summed E-state index contributed by atoms with van der Waals surface area (Å²) in [5.74, 6) is -0.0132. The molecule has 35 heavy (non-hydrogen) atoms. The molecular weight excluding hydrogens is 456 g/mol. The van der Waals surface area contributed by atoms with Crippen molar-refractivity contribution in [2.24, 2.45) is 0 Å². The molecule has 0 atom stereocenters. The highest BCUT2D eigenvalue weighted by molar-refractivity contribution is 6.02. The van der Waals surface area contributed by atoms with Crippen molar-refractivity contribution < 1.29 is 18.3 Å². The number of aromatic amines is 1. The van der Waals surface area contributed by atoms with E-state index in [0.29, 0.717) is 29.3 Å². The molecule has 4 aromatic rings. The molecule has 1 aliphatic carbocycles. The van der Waals surface area contributed by atoms with Crippen LogP contribution in [0.1, 0.15) is 43.0 Å². The van der Waals surface area contributed by atoms with Crippen molar-refractivity contribution in [3.05, 3.63) is 42.5 Å². The molecule has 9 nitrogen and oxygen atoms in total. The third-order valence-corrected chi connectivity index (χ3v) is 6.34. The Morgan fingerprint density at radius 3 is 2.89 bits per heavy atom. The lowest BCUT2D eigenvalue weighted by Gasteiger charge is -2.28. The molecule has 4 heterocycles. The minimum absolute atomic E-state index is 0.231. The number of ether oxygens (including phenoxy) is 1. The molecule has 1 saturated carbocycles. The molecule has 11 heteroatoms. The number of alkyl halides is 2. The molecule has 1 fully saturated rings. The number of nitrogens with one attached hydrogen (secondary N) is 3. The lowest BCUT2D eigenvalue weighted by atomic mass is 9.93. The second-order valence-corrected chi connectivity index (χ2v) is 8.64. The minimum atomic E-state index is -2.62. The van der Waals surface area contributed by atoms with Crippen molar-refractivity contribution in [2.45, 2.75) is 51.2 Å². The summed E-state index contributed by atoms with van der Waals surface area (Å²) in [5.41, 5.74) is 3.14. The summed E-state index contributed by atoms with van der Waals surface area (Å²) < 4.78 is 32.2. The second-order valence-electron chi connectivity index (χ2n) is 8.64. The van der Waals surface area contributed by atoms with Crippen molar-refractivity contribution in [2.75, 3.05) is 18.5 Å². The van der Waals surface area contributed by atoms with Crippen molar-refractivity contribution >= 4 is 28.4 Å². The summed E-state index contributed by atoms with van der Waals surface area (Å²) in [6.07, 6.45) is 8.53. The lowest BCUT2D eigenvalue weighted by Crippen LogP contribution is -2.30. The maximum absolute atomic E-state index is 12.5. The number of carbonyl (C=O) groups is 1. The van der Waals surface area contributed by atoms with Gasteiger partial charge in [0.05, 0.1) is 29.9 Å². The van der Waals surface area contributed by atoms with Gasteiger partial charge in [0.15, 0.2) is 0 Å². The van der Waals surface area contributed by atoms with Gasteiger partial charge in [-0.3, -0.25) is 4.79 Å². The van der Waals surface area contributed by atoms with Crippen LogP contribution in [0, 0.1) is 0 Å². The molecule has 0 spiro atoms. The van der Waals surface area contributed by atoms with E-state index in [1.54, 1.807) is 18.5 Å². The minimum Gasteiger partial charge on any atom is -0.379 e. The number of nitrogens with zero attached hydrogens (tertiary/aromatic N) is 4. The fourth-order valence-electron chi connectivity index (χ4n) is 4.60. The molecular formula is C24H27F2N7O2. The van der Waals surface area contributed by atoms with Crippen LogP contribution in [0.3, 0.4) is 0 Å². The normalized spacial score (nSPS) is 18.4. The Bertz CT molecular complexity index is 1330. The fraction of sp³-hybridized carbons (Fsp3) is 0.417. The van der Waals surface area contributed by atoms with Crippen LogP contribution in [0.4, 0.5) is 14.7 Å². The Morgan fingerprint density at radius 2 is 2.11 bits per heavy atom. The molecule has 1 amide bonds. The first-order chi connectivity index (χ1) is 17.0. The molecule has 0 bridgehead atoms. The number of halogens is 2. The molecule has 5 rings (SSSR count). The van der Waals surface area contributed by atoms with Crippen LogP contribution in [0.2, 0.25) is 0 Å². The summed E-state index contributed by atoms with van der Waals surface area (Å²) in [6, 6.07) is 3.99. The number of rotatable bonds is 8. The Hall–Kier alpha value is -3.60. The van der Waals surface area contributed by atoms with Crippen LogP contribution in [0.15, 0.2) is 36.9 Å². The number of fused-ring (bicyclic) bond motifs is 2. The van der Waals surface area contributed by atoms with Gasteiger partial charge in [-0.25, -0.2) is 18.3 Å². The highest BCUT2D eigenvalue weighted by Gasteiger charge is 2.22. The zero-order chi connectivity index (χ0) is 24.4. The van der Waals surface area contributed by atoms with Gasteiger partial charge in [0.2, 0.25) is 5.95 Å². The van der Waals surface area contributed by atoms with Crippen LogP contribution < -0.4 is 10.6 Å². The molecule has 0 radical (unpaired) electrons. The van der Waals surface area contributed by atoms with Gasteiger partial charge in [0.1, 0.15) is 5.65 Å². The van der Waals surface area contributed by atoms with Gasteiger partial charge in [-0.05, 0) is 50.3 Å². The number of hydrogen-bond donors (Lipinski definition) is 3. The SMILES string of the molecule is CCO[C@H]1CC[C@@H](Nc2ncc3c(-c4ccn5ncc(C(=O)NCC(F)F)c5c4)c[nH]c3n2)CC1. The van der Waals surface area contributed by atoms with Gasteiger partial charge < -0.3 is 20.4 Å². The predicted octanol–water partition coefficient (Wildman–Crippen LogP) is 4.03. The number of pyridine rings is 1. The van der Waals surface area contributed by atoms with Crippen LogP contribution in [0.25, 0.3) is 27.7 Å². The Morgan fingerprint density at radius 1 is 1.29 bits per heavy atom. The number of H-pyrrole nitrogens is 1. The van der Waals surface area contributed by atoms with Crippen molar-refractivity contribution in [1.82, 2.24) is 29.9 Å². The van der Waals surface area contributed by atoms with Crippen LogP contribution >= 0.6 is 0 Å². The molecule has 4 aromatic heterocycles. The summed E-state index contributed by atoms with van der Waals surface area (Å²) in [5, 5.41) is 10.7. The summed E-state index contributed by atoms with van der Waals surface area (Å²) in [7, 11) is 0. The standard InChI is InChI=1S/C24H27F2N7O2/c1-2-35-16-5-3-15(4-6-16)31-24-29-11-18-17(10-27-22(18)32-24)14-7-8-33-20(9-14)19(12-30-33)23(34)28-13-21(25)26/h7-12,15-16,21H,2-6,13H2,1H3,(H,28,34)(H2,27,29,31,32)/t15-,16+. The number of anilines is 1. The quantitative estimate of drug-likeness (QED) is 0.349. The summed E-state index contributed by atoms with van der Waals surface area (Å²) in [4.78, 5) is 24.7.